The molecule has 3 heterocycles. The third-order valence-electron chi connectivity index (χ3n) is 5.95. The Hall–Kier alpha value is -2.30. The topological polar surface area (TPSA) is 94.3 Å². The summed E-state index contributed by atoms with van der Waals surface area (Å²) in [6.45, 7) is 9.27. The number of nitrogens with one attached hydrogen (secondary N) is 1. The lowest BCUT2D eigenvalue weighted by Crippen LogP contribution is -2.50. The number of hydrogen-bond acceptors (Lipinski definition) is 8. The molecule has 1 atom stereocenters. The number of hydrogen-bond donors (Lipinski definition) is 2. The number of aliphatic hydroxyl groups excluding tert-OH is 1. The zero-order valence-electron chi connectivity index (χ0n) is 18.5. The Balaban J connectivity index is 1.16. The number of rotatable bonds is 9. The van der Waals surface area contributed by atoms with Crippen LogP contribution in [0.25, 0.3) is 0 Å². The van der Waals surface area contributed by atoms with E-state index in [1.165, 1.54) is 6.26 Å². The molecule has 0 unspecified atom stereocenters. The van der Waals surface area contributed by atoms with Gasteiger partial charge in [-0.1, -0.05) is 30.3 Å². The number of morpholine rings is 1. The smallest absolute Gasteiger partial charge is 0.273 e. The van der Waals surface area contributed by atoms with E-state index in [2.05, 4.69) is 25.0 Å². The van der Waals surface area contributed by atoms with E-state index in [1.807, 2.05) is 30.3 Å². The number of piperazine rings is 1. The molecule has 0 radical (unpaired) electrons. The number of benzene rings is 1. The minimum atomic E-state index is -0.344. The van der Waals surface area contributed by atoms with Crippen LogP contribution in [0.1, 0.15) is 21.9 Å². The van der Waals surface area contributed by atoms with Crippen molar-refractivity contribution in [3.63, 3.8) is 0 Å². The van der Waals surface area contributed by atoms with Crippen LogP contribution in [0.4, 0.5) is 0 Å². The van der Waals surface area contributed by atoms with Crippen molar-refractivity contribution in [1.29, 1.82) is 0 Å². The van der Waals surface area contributed by atoms with E-state index in [9.17, 15) is 9.90 Å². The Bertz CT molecular complexity index is 832. The fourth-order valence-corrected chi connectivity index (χ4v) is 4.12. The average molecular weight is 444 g/mol. The summed E-state index contributed by atoms with van der Waals surface area (Å²) in [5, 5.41) is 13.3. The highest BCUT2D eigenvalue weighted by molar-refractivity contribution is 5.91. The number of β-amino-alcohol motifs (C(OH)–C–C–N with tert-alkyl or cyclic N) is 1. The van der Waals surface area contributed by atoms with Crippen LogP contribution in [-0.4, -0.2) is 102 Å². The van der Waals surface area contributed by atoms with E-state index in [-0.39, 0.29) is 12.0 Å². The number of amides is 1. The lowest BCUT2D eigenvalue weighted by atomic mass is 10.2. The summed E-state index contributed by atoms with van der Waals surface area (Å²) in [6.07, 6.45) is 1.08. The van der Waals surface area contributed by atoms with Crippen LogP contribution in [0, 0.1) is 0 Å². The molecular weight excluding hydrogens is 410 g/mol. The Morgan fingerprint density at radius 1 is 1.00 bits per heavy atom. The van der Waals surface area contributed by atoms with Crippen LogP contribution in [0.3, 0.4) is 0 Å². The molecule has 2 fully saturated rings. The van der Waals surface area contributed by atoms with Crippen molar-refractivity contribution in [3.05, 3.63) is 53.7 Å². The predicted molar refractivity (Wildman–Crippen MR) is 119 cm³/mol. The molecule has 9 nitrogen and oxygen atoms in total. The molecule has 2 aromatic rings. The summed E-state index contributed by atoms with van der Waals surface area (Å²) in [5.41, 5.74) is 1.35. The molecule has 1 aromatic carbocycles. The summed E-state index contributed by atoms with van der Waals surface area (Å²) in [7, 11) is 0. The summed E-state index contributed by atoms with van der Waals surface area (Å²) in [4.78, 5) is 23.5. The molecule has 174 valence electrons. The van der Waals surface area contributed by atoms with Gasteiger partial charge in [0.05, 0.1) is 25.9 Å². The minimum Gasteiger partial charge on any atom is -0.447 e. The molecule has 1 aromatic heterocycles. The van der Waals surface area contributed by atoms with Gasteiger partial charge in [0.15, 0.2) is 5.69 Å². The minimum absolute atomic E-state index is 0.233. The van der Waals surface area contributed by atoms with E-state index in [1.54, 1.807) is 0 Å². The first-order chi connectivity index (χ1) is 15.7. The van der Waals surface area contributed by atoms with Gasteiger partial charge in [0.1, 0.15) is 6.26 Å². The highest BCUT2D eigenvalue weighted by atomic mass is 16.5. The molecule has 2 aliphatic rings. The number of aromatic nitrogens is 1. The summed E-state index contributed by atoms with van der Waals surface area (Å²) >= 11 is 0. The number of nitrogens with zero attached hydrogens (tertiary/aromatic N) is 4. The maximum absolute atomic E-state index is 12.3. The number of ether oxygens (including phenoxy) is 1. The highest BCUT2D eigenvalue weighted by Crippen LogP contribution is 2.10. The standard InChI is InChI=1S/C23H33N5O4/c29-20(16-28-10-12-31-13-11-28)15-26-6-8-27(9-7-26)17-22-25-21(18-32-22)23(30)24-14-19-4-2-1-3-5-19/h1-5,18,20,29H,6-17H2,(H,24,30)/t20-/m1/s1. The summed E-state index contributed by atoms with van der Waals surface area (Å²) in [6, 6.07) is 9.77. The van der Waals surface area contributed by atoms with Crippen molar-refractivity contribution < 1.29 is 19.1 Å². The largest absolute Gasteiger partial charge is 0.447 e. The molecule has 0 bridgehead atoms. The fourth-order valence-electron chi connectivity index (χ4n) is 4.12. The van der Waals surface area contributed by atoms with Gasteiger partial charge in [-0.05, 0) is 5.56 Å². The van der Waals surface area contributed by atoms with Crippen LogP contribution in [0.15, 0.2) is 41.0 Å². The van der Waals surface area contributed by atoms with Gasteiger partial charge in [0, 0.05) is 58.9 Å². The van der Waals surface area contributed by atoms with E-state index in [0.29, 0.717) is 37.8 Å². The van der Waals surface area contributed by atoms with Crippen LogP contribution >= 0.6 is 0 Å². The van der Waals surface area contributed by atoms with E-state index < -0.39 is 0 Å². The Kier molecular flexibility index (Phi) is 8.24. The van der Waals surface area contributed by atoms with Gasteiger partial charge in [0.25, 0.3) is 5.91 Å². The van der Waals surface area contributed by atoms with Crippen molar-refractivity contribution in [3.8, 4) is 0 Å². The molecule has 0 aliphatic carbocycles. The molecule has 32 heavy (non-hydrogen) atoms. The monoisotopic (exact) mass is 443 g/mol. The molecule has 0 saturated carbocycles. The van der Waals surface area contributed by atoms with Crippen molar-refractivity contribution in [1.82, 2.24) is 25.0 Å². The van der Waals surface area contributed by atoms with Gasteiger partial charge >= 0.3 is 0 Å². The summed E-state index contributed by atoms with van der Waals surface area (Å²) < 4.78 is 10.9. The van der Waals surface area contributed by atoms with Crippen molar-refractivity contribution >= 4 is 5.91 Å². The molecule has 2 N–H and O–H groups in total. The molecule has 9 heteroatoms. The first-order valence-corrected chi connectivity index (χ1v) is 11.3. The Morgan fingerprint density at radius 2 is 1.66 bits per heavy atom. The molecule has 1 amide bonds. The Morgan fingerprint density at radius 3 is 2.38 bits per heavy atom. The first-order valence-electron chi connectivity index (χ1n) is 11.3. The average Bonchev–Trinajstić information content (AvgIpc) is 3.29. The Labute approximate surface area is 188 Å². The molecule has 0 spiro atoms. The number of carbonyl (C=O) groups excluding carboxylic acids is 1. The SMILES string of the molecule is O=C(NCc1ccccc1)c1coc(CN2CCN(C[C@@H](O)CN3CCOCC3)CC2)n1. The van der Waals surface area contributed by atoms with Crippen LogP contribution in [0.2, 0.25) is 0 Å². The zero-order chi connectivity index (χ0) is 22.2. The number of carbonyl (C=O) groups is 1. The second kappa shape index (κ2) is 11.5. The molecular formula is C23H33N5O4. The number of oxazole rings is 1. The quantitative estimate of drug-likeness (QED) is 0.576. The lowest BCUT2D eigenvalue weighted by Gasteiger charge is -2.36. The van der Waals surface area contributed by atoms with Gasteiger partial charge < -0.3 is 19.6 Å². The lowest BCUT2D eigenvalue weighted by molar-refractivity contribution is 0.00187. The molecule has 4 rings (SSSR count). The maximum atomic E-state index is 12.3. The van der Waals surface area contributed by atoms with Crippen LogP contribution in [-0.2, 0) is 17.8 Å². The van der Waals surface area contributed by atoms with Gasteiger partial charge in [-0.15, -0.1) is 0 Å². The normalized spacial score (nSPS) is 19.7. The predicted octanol–water partition coefficient (Wildman–Crippen LogP) is 0.415. The molecule has 2 saturated heterocycles. The fraction of sp³-hybridized carbons (Fsp3) is 0.565. The van der Waals surface area contributed by atoms with Crippen molar-refractivity contribution in [2.75, 3.05) is 65.6 Å². The second-order valence-corrected chi connectivity index (χ2v) is 8.44. The van der Waals surface area contributed by atoms with Crippen LogP contribution < -0.4 is 5.32 Å². The van der Waals surface area contributed by atoms with Gasteiger partial charge in [-0.25, -0.2) is 4.98 Å². The van der Waals surface area contributed by atoms with Crippen molar-refractivity contribution in [2.24, 2.45) is 0 Å². The third-order valence-corrected chi connectivity index (χ3v) is 5.95. The highest BCUT2D eigenvalue weighted by Gasteiger charge is 2.23. The maximum Gasteiger partial charge on any atom is 0.273 e. The van der Waals surface area contributed by atoms with Crippen LogP contribution in [0.5, 0.6) is 0 Å². The van der Waals surface area contributed by atoms with Gasteiger partial charge in [-0.3, -0.25) is 19.5 Å². The first kappa shape index (κ1) is 22.9. The molecule has 2 aliphatic heterocycles. The van der Waals surface area contributed by atoms with E-state index in [0.717, 1.165) is 58.0 Å². The third kappa shape index (κ3) is 6.85. The van der Waals surface area contributed by atoms with E-state index in [4.69, 9.17) is 9.15 Å². The van der Waals surface area contributed by atoms with Crippen molar-refractivity contribution in [2.45, 2.75) is 19.2 Å². The van der Waals surface area contributed by atoms with Gasteiger partial charge in [-0.2, -0.15) is 0 Å². The number of aliphatic hydroxyl groups is 1. The summed E-state index contributed by atoms with van der Waals surface area (Å²) in [5.74, 6) is 0.318. The second-order valence-electron chi connectivity index (χ2n) is 8.44. The van der Waals surface area contributed by atoms with E-state index >= 15 is 0 Å². The van der Waals surface area contributed by atoms with Gasteiger partial charge in [0.2, 0.25) is 5.89 Å². The zero-order valence-corrected chi connectivity index (χ0v) is 18.5.